The molecule has 1 N–H and O–H groups in total. The summed E-state index contributed by atoms with van der Waals surface area (Å²) in [5, 5.41) is 3.51. The van der Waals surface area contributed by atoms with Gasteiger partial charge in [-0.15, -0.1) is 0 Å². The Hall–Kier alpha value is -1.33. The second-order valence-electron chi connectivity index (χ2n) is 5.28. The summed E-state index contributed by atoms with van der Waals surface area (Å²) in [6.45, 7) is 5.93. The Morgan fingerprint density at radius 1 is 1.60 bits per heavy atom. The van der Waals surface area contributed by atoms with E-state index < -0.39 is 0 Å². The minimum absolute atomic E-state index is 0.329. The van der Waals surface area contributed by atoms with Gasteiger partial charge >= 0.3 is 5.97 Å². The van der Waals surface area contributed by atoms with Crippen molar-refractivity contribution in [1.29, 1.82) is 0 Å². The van der Waals surface area contributed by atoms with Gasteiger partial charge in [-0.25, -0.2) is 4.79 Å². The summed E-state index contributed by atoms with van der Waals surface area (Å²) >= 11 is 0. The third-order valence-corrected chi connectivity index (χ3v) is 3.70. The third-order valence-electron chi connectivity index (χ3n) is 3.70. The minimum atomic E-state index is -0.329. The van der Waals surface area contributed by atoms with E-state index in [0.29, 0.717) is 23.9 Å². The van der Waals surface area contributed by atoms with Crippen LogP contribution in [0.5, 0.6) is 0 Å². The molecular formula is C15H24N2O3. The van der Waals surface area contributed by atoms with Crippen molar-refractivity contribution in [3.05, 3.63) is 23.7 Å². The predicted octanol–water partition coefficient (Wildman–Crippen LogP) is 2.03. The smallest absolute Gasteiger partial charge is 0.341 e. The number of hydrogen-bond acceptors (Lipinski definition) is 5. The Morgan fingerprint density at radius 2 is 2.45 bits per heavy atom. The van der Waals surface area contributed by atoms with Crippen LogP contribution in [0.25, 0.3) is 0 Å². The van der Waals surface area contributed by atoms with Crippen molar-refractivity contribution in [2.75, 3.05) is 26.7 Å². The zero-order valence-electron chi connectivity index (χ0n) is 12.4. The normalized spacial score (nSPS) is 18.6. The molecule has 0 radical (unpaired) electrons. The number of hydrogen-bond donors (Lipinski definition) is 1. The number of ether oxygens (including phenoxy) is 1. The summed E-state index contributed by atoms with van der Waals surface area (Å²) < 4.78 is 10.2. The molecule has 2 heterocycles. The molecule has 0 aromatic carbocycles. The van der Waals surface area contributed by atoms with E-state index in [1.165, 1.54) is 20.0 Å². The van der Waals surface area contributed by atoms with Gasteiger partial charge in [0.25, 0.3) is 0 Å². The van der Waals surface area contributed by atoms with Crippen molar-refractivity contribution in [3.8, 4) is 0 Å². The largest absolute Gasteiger partial charge is 0.467 e. The molecule has 0 saturated carbocycles. The van der Waals surface area contributed by atoms with Gasteiger partial charge in [-0.3, -0.25) is 4.90 Å². The number of furan rings is 1. The number of carbonyl (C=O) groups excluding carboxylic acids is 1. The second kappa shape index (κ2) is 7.45. The van der Waals surface area contributed by atoms with Crippen LogP contribution < -0.4 is 5.32 Å². The van der Waals surface area contributed by atoms with Gasteiger partial charge in [-0.05, 0) is 38.4 Å². The highest BCUT2D eigenvalue weighted by Crippen LogP contribution is 2.16. The molecule has 0 spiro atoms. The van der Waals surface area contributed by atoms with Crippen molar-refractivity contribution >= 4 is 5.97 Å². The highest BCUT2D eigenvalue weighted by atomic mass is 16.5. The Kier molecular flexibility index (Phi) is 5.61. The van der Waals surface area contributed by atoms with Gasteiger partial charge < -0.3 is 14.5 Å². The van der Waals surface area contributed by atoms with Crippen LogP contribution in [0.2, 0.25) is 0 Å². The summed E-state index contributed by atoms with van der Waals surface area (Å²) in [5.41, 5.74) is 0.535. The maximum Gasteiger partial charge on any atom is 0.341 e. The van der Waals surface area contributed by atoms with E-state index in [9.17, 15) is 4.79 Å². The molecule has 1 aliphatic rings. The molecule has 1 atom stereocenters. The molecule has 1 saturated heterocycles. The molecule has 1 aromatic heterocycles. The van der Waals surface area contributed by atoms with Crippen LogP contribution in [0.15, 0.2) is 16.7 Å². The molecule has 20 heavy (non-hydrogen) atoms. The van der Waals surface area contributed by atoms with E-state index in [4.69, 9.17) is 9.15 Å². The zero-order valence-corrected chi connectivity index (χ0v) is 12.4. The van der Waals surface area contributed by atoms with E-state index in [1.807, 2.05) is 0 Å². The monoisotopic (exact) mass is 280 g/mol. The van der Waals surface area contributed by atoms with Crippen LogP contribution in [0.3, 0.4) is 0 Å². The maximum absolute atomic E-state index is 11.7. The second-order valence-corrected chi connectivity index (χ2v) is 5.28. The van der Waals surface area contributed by atoms with Crippen LogP contribution in [0, 0.1) is 0 Å². The number of esters is 1. The van der Waals surface area contributed by atoms with Crippen molar-refractivity contribution in [2.24, 2.45) is 0 Å². The minimum Gasteiger partial charge on any atom is -0.467 e. The number of rotatable bonds is 7. The summed E-state index contributed by atoms with van der Waals surface area (Å²) in [6, 6.07) is 2.23. The topological polar surface area (TPSA) is 54.7 Å². The summed E-state index contributed by atoms with van der Waals surface area (Å²) in [4.78, 5) is 14.0. The summed E-state index contributed by atoms with van der Waals surface area (Å²) in [5.74, 6) is 0.368. The van der Waals surface area contributed by atoms with Crippen LogP contribution in [-0.4, -0.2) is 43.7 Å². The average Bonchev–Trinajstić information content (AvgIpc) is 3.09. The third kappa shape index (κ3) is 3.84. The van der Waals surface area contributed by atoms with Gasteiger partial charge in [0.15, 0.2) is 0 Å². The number of carbonyl (C=O) groups is 1. The van der Waals surface area contributed by atoms with Crippen molar-refractivity contribution in [3.63, 3.8) is 0 Å². The molecule has 5 nitrogen and oxygen atoms in total. The van der Waals surface area contributed by atoms with Crippen molar-refractivity contribution < 1.29 is 13.9 Å². The van der Waals surface area contributed by atoms with Gasteiger partial charge in [-0.2, -0.15) is 0 Å². The lowest BCUT2D eigenvalue weighted by Gasteiger charge is -2.24. The fourth-order valence-electron chi connectivity index (χ4n) is 2.73. The zero-order chi connectivity index (χ0) is 14.4. The van der Waals surface area contributed by atoms with E-state index >= 15 is 0 Å². The van der Waals surface area contributed by atoms with Crippen LogP contribution >= 0.6 is 0 Å². The number of nitrogens with one attached hydrogen (secondary N) is 1. The predicted molar refractivity (Wildman–Crippen MR) is 76.6 cm³/mol. The lowest BCUT2D eigenvalue weighted by molar-refractivity contribution is 0.0596. The standard InChI is InChI=1S/C15H24N2O3/c1-3-8-17(10-12-5-4-7-16-12)11-14-13(6-9-20-14)15(18)19-2/h6,9,12,16H,3-5,7-8,10-11H2,1-2H3. The van der Waals surface area contributed by atoms with Gasteiger partial charge in [0.1, 0.15) is 11.3 Å². The van der Waals surface area contributed by atoms with Gasteiger partial charge in [0.2, 0.25) is 0 Å². The highest BCUT2D eigenvalue weighted by Gasteiger charge is 2.21. The Balaban J connectivity index is 1.99. The van der Waals surface area contributed by atoms with Gasteiger partial charge in [-0.1, -0.05) is 6.92 Å². The first-order valence-electron chi connectivity index (χ1n) is 7.35. The van der Waals surface area contributed by atoms with Gasteiger partial charge in [0, 0.05) is 12.6 Å². The quantitative estimate of drug-likeness (QED) is 0.775. The molecular weight excluding hydrogens is 256 g/mol. The molecule has 1 aromatic rings. The molecule has 1 fully saturated rings. The highest BCUT2D eigenvalue weighted by molar-refractivity contribution is 5.90. The Bertz CT molecular complexity index is 425. The van der Waals surface area contributed by atoms with Gasteiger partial charge in [0.05, 0.1) is 19.9 Å². The molecule has 1 aliphatic heterocycles. The molecule has 112 valence electrons. The first-order chi connectivity index (χ1) is 9.74. The SMILES string of the molecule is CCCN(Cc1occc1C(=O)OC)CC1CCCN1. The first-order valence-corrected chi connectivity index (χ1v) is 7.35. The van der Waals surface area contributed by atoms with E-state index in [-0.39, 0.29) is 5.97 Å². The van der Waals surface area contributed by atoms with Crippen LogP contribution in [0.1, 0.15) is 42.3 Å². The molecule has 1 unspecified atom stereocenters. The fraction of sp³-hybridized carbons (Fsp3) is 0.667. The van der Waals surface area contributed by atoms with E-state index in [2.05, 4.69) is 17.1 Å². The lowest BCUT2D eigenvalue weighted by atomic mass is 10.2. The molecule has 0 aliphatic carbocycles. The molecule has 2 rings (SSSR count). The van der Waals surface area contributed by atoms with E-state index in [1.54, 1.807) is 12.3 Å². The first kappa shape index (κ1) is 15.1. The Labute approximate surface area is 120 Å². The molecule has 0 amide bonds. The fourth-order valence-corrected chi connectivity index (χ4v) is 2.73. The summed E-state index contributed by atoms with van der Waals surface area (Å²) in [6.07, 6.45) is 5.11. The average molecular weight is 280 g/mol. The van der Waals surface area contributed by atoms with E-state index in [0.717, 1.165) is 26.1 Å². The maximum atomic E-state index is 11.7. The Morgan fingerprint density at radius 3 is 3.10 bits per heavy atom. The van der Waals surface area contributed by atoms with Crippen LogP contribution in [0.4, 0.5) is 0 Å². The van der Waals surface area contributed by atoms with Crippen molar-refractivity contribution in [1.82, 2.24) is 10.2 Å². The van der Waals surface area contributed by atoms with Crippen molar-refractivity contribution in [2.45, 2.75) is 38.8 Å². The summed E-state index contributed by atoms with van der Waals surface area (Å²) in [7, 11) is 1.39. The molecule has 0 bridgehead atoms. The lowest BCUT2D eigenvalue weighted by Crippen LogP contribution is -2.37. The molecule has 5 heteroatoms. The number of methoxy groups -OCH3 is 1. The van der Waals surface area contributed by atoms with Crippen LogP contribution in [-0.2, 0) is 11.3 Å². The number of nitrogens with zero attached hydrogens (tertiary/aromatic N) is 1.